The van der Waals surface area contributed by atoms with Crippen molar-refractivity contribution in [3.05, 3.63) is 35.9 Å². The van der Waals surface area contributed by atoms with Crippen LogP contribution in [-0.4, -0.2) is 16.8 Å². The normalized spacial score (nSPS) is 9.33. The second-order valence-corrected chi connectivity index (χ2v) is 2.45. The third kappa shape index (κ3) is 2.20. The molecule has 0 unspecified atom stereocenters. The summed E-state index contributed by atoms with van der Waals surface area (Å²) in [5.74, 6) is -1.15. The Kier molecular flexibility index (Phi) is 2.58. The van der Waals surface area contributed by atoms with Gasteiger partial charge in [-0.25, -0.2) is 4.79 Å². The molecule has 3 nitrogen and oxygen atoms in total. The van der Waals surface area contributed by atoms with E-state index in [1.807, 2.05) is 18.2 Å². The Hall–Kier alpha value is -1.64. The van der Waals surface area contributed by atoms with Gasteiger partial charge in [0, 0.05) is 6.42 Å². The number of hydrogen-bond acceptors (Lipinski definition) is 2. The van der Waals surface area contributed by atoms with Gasteiger partial charge in [-0.3, -0.25) is 5.41 Å². The van der Waals surface area contributed by atoms with Crippen LogP contribution in [0, 0.1) is 5.41 Å². The second-order valence-electron chi connectivity index (χ2n) is 2.45. The van der Waals surface area contributed by atoms with E-state index < -0.39 is 5.97 Å². The minimum atomic E-state index is -1.15. The van der Waals surface area contributed by atoms with Gasteiger partial charge in [0.05, 0.1) is 0 Å². The molecule has 1 aromatic carbocycles. The summed E-state index contributed by atoms with van der Waals surface area (Å²) in [5.41, 5.74) is 0.575. The van der Waals surface area contributed by atoms with Crippen molar-refractivity contribution in [2.24, 2.45) is 0 Å². The van der Waals surface area contributed by atoms with E-state index in [1.54, 1.807) is 12.1 Å². The van der Waals surface area contributed by atoms with Crippen LogP contribution in [0.15, 0.2) is 30.3 Å². The first-order valence-corrected chi connectivity index (χ1v) is 3.55. The zero-order valence-corrected chi connectivity index (χ0v) is 6.45. The summed E-state index contributed by atoms with van der Waals surface area (Å²) in [4.78, 5) is 10.3. The summed E-state index contributed by atoms with van der Waals surface area (Å²) in [6.45, 7) is 0. The minimum absolute atomic E-state index is 0.191. The van der Waals surface area contributed by atoms with Crippen molar-refractivity contribution >= 4 is 11.7 Å². The van der Waals surface area contributed by atoms with Crippen LogP contribution in [-0.2, 0) is 11.2 Å². The molecule has 0 aliphatic carbocycles. The molecule has 62 valence electrons. The van der Waals surface area contributed by atoms with Crippen LogP contribution in [0.4, 0.5) is 0 Å². The van der Waals surface area contributed by atoms with Crippen LogP contribution in [0.5, 0.6) is 0 Å². The van der Waals surface area contributed by atoms with E-state index in [-0.39, 0.29) is 12.1 Å². The maximum absolute atomic E-state index is 10.3. The lowest BCUT2D eigenvalue weighted by Crippen LogP contribution is -2.13. The van der Waals surface area contributed by atoms with Crippen LogP contribution in [0.1, 0.15) is 5.56 Å². The molecule has 12 heavy (non-hydrogen) atoms. The highest BCUT2D eigenvalue weighted by Crippen LogP contribution is 1.99. The Balaban J connectivity index is 2.65. The van der Waals surface area contributed by atoms with E-state index in [0.717, 1.165) is 5.56 Å². The van der Waals surface area contributed by atoms with Crippen LogP contribution in [0.2, 0.25) is 0 Å². The Morgan fingerprint density at radius 2 is 1.92 bits per heavy atom. The maximum atomic E-state index is 10.3. The lowest BCUT2D eigenvalue weighted by atomic mass is 10.1. The quantitative estimate of drug-likeness (QED) is 0.660. The molecule has 0 aliphatic heterocycles. The predicted octanol–water partition coefficient (Wildman–Crippen LogP) is 1.33. The van der Waals surface area contributed by atoms with E-state index in [9.17, 15) is 4.79 Å². The molecule has 0 spiro atoms. The Morgan fingerprint density at radius 3 is 2.42 bits per heavy atom. The molecule has 0 aliphatic rings. The summed E-state index contributed by atoms with van der Waals surface area (Å²) in [5, 5.41) is 15.5. The van der Waals surface area contributed by atoms with Crippen molar-refractivity contribution in [3.8, 4) is 0 Å². The van der Waals surface area contributed by atoms with E-state index >= 15 is 0 Å². The standard InChI is InChI=1S/C9H9NO2/c10-8(9(11)12)6-7-4-2-1-3-5-7/h1-5,10H,6H2,(H,11,12). The Labute approximate surface area is 70.2 Å². The van der Waals surface area contributed by atoms with Gasteiger partial charge in [0.2, 0.25) is 0 Å². The van der Waals surface area contributed by atoms with Crippen molar-refractivity contribution < 1.29 is 9.90 Å². The number of benzene rings is 1. The zero-order valence-electron chi connectivity index (χ0n) is 6.45. The van der Waals surface area contributed by atoms with Gasteiger partial charge in [0.25, 0.3) is 0 Å². The van der Waals surface area contributed by atoms with Crippen LogP contribution < -0.4 is 0 Å². The maximum Gasteiger partial charge on any atom is 0.349 e. The monoisotopic (exact) mass is 163 g/mol. The number of carboxylic acid groups (broad SMARTS) is 1. The fraction of sp³-hybridized carbons (Fsp3) is 0.111. The fourth-order valence-electron chi connectivity index (χ4n) is 0.876. The molecule has 0 aromatic heterocycles. The van der Waals surface area contributed by atoms with Gasteiger partial charge in [0.1, 0.15) is 5.71 Å². The van der Waals surface area contributed by atoms with E-state index in [1.165, 1.54) is 0 Å². The average Bonchev–Trinajstić information content (AvgIpc) is 2.06. The van der Waals surface area contributed by atoms with Crippen LogP contribution >= 0.6 is 0 Å². The van der Waals surface area contributed by atoms with Crippen LogP contribution in [0.25, 0.3) is 0 Å². The molecule has 0 atom stereocenters. The van der Waals surface area contributed by atoms with Gasteiger partial charge in [-0.2, -0.15) is 0 Å². The van der Waals surface area contributed by atoms with Crippen LogP contribution in [0.3, 0.4) is 0 Å². The summed E-state index contributed by atoms with van der Waals surface area (Å²) >= 11 is 0. The van der Waals surface area contributed by atoms with Crippen molar-refractivity contribution in [2.45, 2.75) is 6.42 Å². The molecular weight excluding hydrogens is 154 g/mol. The Morgan fingerprint density at radius 1 is 1.33 bits per heavy atom. The van der Waals surface area contributed by atoms with Gasteiger partial charge in [0.15, 0.2) is 0 Å². The van der Waals surface area contributed by atoms with E-state index in [0.29, 0.717) is 0 Å². The lowest BCUT2D eigenvalue weighted by Gasteiger charge is -1.97. The highest BCUT2D eigenvalue weighted by atomic mass is 16.4. The zero-order chi connectivity index (χ0) is 8.97. The molecule has 0 bridgehead atoms. The third-order valence-electron chi connectivity index (χ3n) is 1.48. The summed E-state index contributed by atoms with van der Waals surface area (Å²) in [6, 6.07) is 9.11. The lowest BCUT2D eigenvalue weighted by molar-refractivity contribution is -0.129. The van der Waals surface area contributed by atoms with E-state index in [4.69, 9.17) is 10.5 Å². The summed E-state index contributed by atoms with van der Waals surface area (Å²) in [6.07, 6.45) is 0.191. The molecule has 0 fully saturated rings. The van der Waals surface area contributed by atoms with E-state index in [2.05, 4.69) is 0 Å². The largest absolute Gasteiger partial charge is 0.477 e. The summed E-state index contributed by atoms with van der Waals surface area (Å²) < 4.78 is 0. The third-order valence-corrected chi connectivity index (χ3v) is 1.48. The van der Waals surface area contributed by atoms with Gasteiger partial charge in [-0.05, 0) is 5.56 Å². The number of rotatable bonds is 3. The smallest absolute Gasteiger partial charge is 0.349 e. The molecular formula is C9H9NO2. The first-order chi connectivity index (χ1) is 5.70. The minimum Gasteiger partial charge on any atom is -0.477 e. The van der Waals surface area contributed by atoms with Gasteiger partial charge in [-0.1, -0.05) is 30.3 Å². The molecule has 0 amide bonds. The van der Waals surface area contributed by atoms with Crippen molar-refractivity contribution in [2.75, 3.05) is 0 Å². The number of carboxylic acids is 1. The first kappa shape index (κ1) is 8.46. The molecule has 0 radical (unpaired) electrons. The first-order valence-electron chi connectivity index (χ1n) is 3.55. The van der Waals surface area contributed by atoms with Crippen molar-refractivity contribution in [3.63, 3.8) is 0 Å². The van der Waals surface area contributed by atoms with Gasteiger partial charge >= 0.3 is 5.97 Å². The molecule has 2 N–H and O–H groups in total. The Bertz CT molecular complexity index is 293. The second kappa shape index (κ2) is 3.67. The number of carbonyl (C=O) groups is 1. The van der Waals surface area contributed by atoms with Gasteiger partial charge < -0.3 is 5.11 Å². The molecule has 1 aromatic rings. The average molecular weight is 163 g/mol. The molecule has 3 heteroatoms. The van der Waals surface area contributed by atoms with Gasteiger partial charge in [-0.15, -0.1) is 0 Å². The molecule has 0 heterocycles. The highest BCUT2D eigenvalue weighted by molar-refractivity contribution is 6.34. The topological polar surface area (TPSA) is 61.2 Å². The van der Waals surface area contributed by atoms with Crippen molar-refractivity contribution in [1.29, 1.82) is 5.41 Å². The number of hydrogen-bond donors (Lipinski definition) is 2. The SMILES string of the molecule is N=C(Cc1ccccc1)C(=O)O. The molecule has 0 saturated carbocycles. The number of nitrogens with one attached hydrogen (secondary N) is 1. The number of aliphatic carboxylic acids is 1. The summed E-state index contributed by atoms with van der Waals surface area (Å²) in [7, 11) is 0. The highest BCUT2D eigenvalue weighted by Gasteiger charge is 2.06. The molecule has 1 rings (SSSR count). The fourth-order valence-corrected chi connectivity index (χ4v) is 0.876. The predicted molar refractivity (Wildman–Crippen MR) is 45.5 cm³/mol. The molecule has 0 saturated heterocycles. The van der Waals surface area contributed by atoms with Crippen molar-refractivity contribution in [1.82, 2.24) is 0 Å².